The fraction of sp³-hybridized carbons (Fsp3) is 0.0769. The quantitative estimate of drug-likeness (QED) is 0.740. The van der Waals surface area contributed by atoms with E-state index in [0.717, 1.165) is 11.3 Å². The van der Waals surface area contributed by atoms with Crippen molar-refractivity contribution in [2.24, 2.45) is 0 Å². The summed E-state index contributed by atoms with van der Waals surface area (Å²) in [6.45, 7) is 3.74. The lowest BCUT2D eigenvalue weighted by Gasteiger charge is -1.95. The summed E-state index contributed by atoms with van der Waals surface area (Å²) in [4.78, 5) is 0. The zero-order chi connectivity index (χ0) is 10.7. The van der Waals surface area contributed by atoms with Crippen molar-refractivity contribution in [2.45, 2.75) is 6.42 Å². The molecule has 0 atom stereocenters. The molecule has 0 unspecified atom stereocenters. The molecule has 0 aliphatic heterocycles. The first-order chi connectivity index (χ1) is 7.29. The van der Waals surface area contributed by atoms with Gasteiger partial charge in [-0.2, -0.15) is 5.26 Å². The van der Waals surface area contributed by atoms with E-state index in [0.29, 0.717) is 17.7 Å². The second kappa shape index (κ2) is 4.02. The van der Waals surface area contributed by atoms with E-state index in [1.54, 1.807) is 0 Å². The summed E-state index contributed by atoms with van der Waals surface area (Å²) in [5.74, 6) is 1.09. The van der Waals surface area contributed by atoms with Crippen molar-refractivity contribution < 1.29 is 4.42 Å². The second-order valence-electron chi connectivity index (χ2n) is 3.34. The van der Waals surface area contributed by atoms with E-state index in [1.807, 2.05) is 42.5 Å². The molecule has 0 saturated carbocycles. The van der Waals surface area contributed by atoms with E-state index in [1.165, 1.54) is 0 Å². The second-order valence-corrected chi connectivity index (χ2v) is 3.34. The highest BCUT2D eigenvalue weighted by Crippen LogP contribution is 2.16. The predicted molar refractivity (Wildman–Crippen MR) is 57.1 cm³/mol. The summed E-state index contributed by atoms with van der Waals surface area (Å²) in [7, 11) is 0. The molecule has 73 valence electrons. The Labute approximate surface area is 88.8 Å². The minimum atomic E-state index is 0.306. The van der Waals surface area contributed by atoms with Gasteiger partial charge < -0.3 is 4.42 Å². The molecule has 0 bridgehead atoms. The molecule has 2 aromatic rings. The van der Waals surface area contributed by atoms with Crippen LogP contribution in [-0.2, 0) is 6.42 Å². The van der Waals surface area contributed by atoms with Gasteiger partial charge in [0.2, 0.25) is 5.76 Å². The molecule has 0 aliphatic carbocycles. The summed E-state index contributed by atoms with van der Waals surface area (Å²) in [6, 6.07) is 13.8. The van der Waals surface area contributed by atoms with E-state index in [4.69, 9.17) is 9.68 Å². The largest absolute Gasteiger partial charge is 0.450 e. The summed E-state index contributed by atoms with van der Waals surface area (Å²) < 4.78 is 5.34. The summed E-state index contributed by atoms with van der Waals surface area (Å²) in [5.41, 5.74) is 1.82. The zero-order valence-corrected chi connectivity index (χ0v) is 8.23. The van der Waals surface area contributed by atoms with Gasteiger partial charge in [0.05, 0.1) is 0 Å². The van der Waals surface area contributed by atoms with Crippen molar-refractivity contribution in [3.8, 4) is 6.07 Å². The molecule has 0 aliphatic rings. The molecule has 0 fully saturated rings. The van der Waals surface area contributed by atoms with Crippen LogP contribution in [0, 0.1) is 18.3 Å². The van der Waals surface area contributed by atoms with Crippen LogP contribution in [0.15, 0.2) is 40.8 Å². The smallest absolute Gasteiger partial charge is 0.206 e. The summed E-state index contributed by atoms with van der Waals surface area (Å²) in [5, 5.41) is 8.71. The number of furan rings is 1. The monoisotopic (exact) mass is 196 g/mol. The molecular formula is C13H10NO. The summed E-state index contributed by atoms with van der Waals surface area (Å²) in [6.07, 6.45) is 0.699. The maximum absolute atomic E-state index is 8.71. The molecule has 0 spiro atoms. The third-order valence-corrected chi connectivity index (χ3v) is 2.18. The van der Waals surface area contributed by atoms with Gasteiger partial charge in [-0.05, 0) is 18.6 Å². The Bertz CT molecular complexity index is 491. The Morgan fingerprint density at radius 2 is 2.00 bits per heavy atom. The maximum Gasteiger partial charge on any atom is 0.206 e. The normalized spacial score (nSPS) is 9.87. The van der Waals surface area contributed by atoms with Crippen LogP contribution >= 0.6 is 0 Å². The Morgan fingerprint density at radius 1 is 1.27 bits per heavy atom. The van der Waals surface area contributed by atoms with Crippen LogP contribution in [0.3, 0.4) is 0 Å². The molecule has 0 N–H and O–H groups in total. The average molecular weight is 196 g/mol. The van der Waals surface area contributed by atoms with Crippen LogP contribution < -0.4 is 0 Å². The number of rotatable bonds is 2. The summed E-state index contributed by atoms with van der Waals surface area (Å²) >= 11 is 0. The molecule has 0 saturated heterocycles. The minimum absolute atomic E-state index is 0.306. The molecular weight excluding hydrogens is 186 g/mol. The van der Waals surface area contributed by atoms with Crippen LogP contribution in [0.5, 0.6) is 0 Å². The van der Waals surface area contributed by atoms with Crippen molar-refractivity contribution in [3.63, 3.8) is 0 Å². The first kappa shape index (κ1) is 9.54. The highest BCUT2D eigenvalue weighted by molar-refractivity contribution is 5.34. The van der Waals surface area contributed by atoms with Gasteiger partial charge >= 0.3 is 0 Å². The molecule has 1 aromatic carbocycles. The standard InChI is InChI=1S/C13H10NO/c1-10-7-12(15-13(10)9-14)8-11-5-3-2-4-6-11/h2-7H,1,8H2. The minimum Gasteiger partial charge on any atom is -0.450 e. The van der Waals surface area contributed by atoms with Crippen molar-refractivity contribution >= 4 is 0 Å². The highest BCUT2D eigenvalue weighted by Gasteiger charge is 2.06. The molecule has 2 nitrogen and oxygen atoms in total. The number of nitrogens with zero attached hydrogens (tertiary/aromatic N) is 1. The first-order valence-electron chi connectivity index (χ1n) is 4.68. The van der Waals surface area contributed by atoms with Gasteiger partial charge in [0.15, 0.2) is 0 Å². The Balaban J connectivity index is 2.23. The van der Waals surface area contributed by atoms with Crippen LogP contribution in [0.1, 0.15) is 22.6 Å². The lowest BCUT2D eigenvalue weighted by atomic mass is 10.1. The zero-order valence-electron chi connectivity index (χ0n) is 8.23. The SMILES string of the molecule is [CH2]c1cc(Cc2ccccc2)oc1C#N. The molecule has 15 heavy (non-hydrogen) atoms. The van der Waals surface area contributed by atoms with Crippen LogP contribution in [0.4, 0.5) is 0 Å². The lowest BCUT2D eigenvalue weighted by Crippen LogP contribution is -1.83. The van der Waals surface area contributed by atoms with E-state index in [9.17, 15) is 0 Å². The molecule has 1 aromatic heterocycles. The number of benzene rings is 1. The molecule has 2 heteroatoms. The van der Waals surface area contributed by atoms with E-state index >= 15 is 0 Å². The van der Waals surface area contributed by atoms with E-state index in [2.05, 4.69) is 6.92 Å². The van der Waals surface area contributed by atoms with Crippen LogP contribution in [-0.4, -0.2) is 0 Å². The number of hydrogen-bond acceptors (Lipinski definition) is 2. The lowest BCUT2D eigenvalue weighted by molar-refractivity contribution is 0.508. The Hall–Kier alpha value is -2.01. The Morgan fingerprint density at radius 3 is 2.60 bits per heavy atom. The Kier molecular flexibility index (Phi) is 2.55. The third kappa shape index (κ3) is 2.08. The van der Waals surface area contributed by atoms with Gasteiger partial charge in [-0.25, -0.2) is 0 Å². The molecule has 1 heterocycles. The highest BCUT2D eigenvalue weighted by atomic mass is 16.3. The van der Waals surface area contributed by atoms with Gasteiger partial charge in [-0.1, -0.05) is 30.3 Å². The van der Waals surface area contributed by atoms with E-state index in [-0.39, 0.29) is 0 Å². The van der Waals surface area contributed by atoms with Crippen molar-refractivity contribution in [3.05, 3.63) is 66.0 Å². The van der Waals surface area contributed by atoms with Crippen molar-refractivity contribution in [2.75, 3.05) is 0 Å². The molecule has 1 radical (unpaired) electrons. The third-order valence-electron chi connectivity index (χ3n) is 2.18. The maximum atomic E-state index is 8.71. The van der Waals surface area contributed by atoms with Gasteiger partial charge in [-0.3, -0.25) is 0 Å². The van der Waals surface area contributed by atoms with Crippen molar-refractivity contribution in [1.29, 1.82) is 5.26 Å². The molecule has 2 rings (SSSR count). The van der Waals surface area contributed by atoms with Gasteiger partial charge in [0, 0.05) is 12.0 Å². The number of hydrogen-bond donors (Lipinski definition) is 0. The van der Waals surface area contributed by atoms with Crippen LogP contribution in [0.25, 0.3) is 0 Å². The van der Waals surface area contributed by atoms with Crippen LogP contribution in [0.2, 0.25) is 0 Å². The van der Waals surface area contributed by atoms with Gasteiger partial charge in [0.25, 0.3) is 0 Å². The predicted octanol–water partition coefficient (Wildman–Crippen LogP) is 2.92. The average Bonchev–Trinajstić information content (AvgIpc) is 2.60. The van der Waals surface area contributed by atoms with Crippen molar-refractivity contribution in [1.82, 2.24) is 0 Å². The topological polar surface area (TPSA) is 36.9 Å². The fourth-order valence-corrected chi connectivity index (χ4v) is 1.46. The van der Waals surface area contributed by atoms with E-state index < -0.39 is 0 Å². The van der Waals surface area contributed by atoms with Gasteiger partial charge in [0.1, 0.15) is 11.8 Å². The van der Waals surface area contributed by atoms with Gasteiger partial charge in [-0.15, -0.1) is 0 Å². The molecule has 0 amide bonds. The number of nitriles is 1. The fourth-order valence-electron chi connectivity index (χ4n) is 1.46. The first-order valence-corrected chi connectivity index (χ1v) is 4.68.